The number of hydrogen-bond acceptors (Lipinski definition) is 5. The third kappa shape index (κ3) is 3.06. The van der Waals surface area contributed by atoms with E-state index in [1.165, 1.54) is 6.33 Å². The van der Waals surface area contributed by atoms with Crippen LogP contribution in [0.4, 0.5) is 11.6 Å². The fourth-order valence-electron chi connectivity index (χ4n) is 1.27. The Balaban J connectivity index is 2.67. The van der Waals surface area contributed by atoms with Gasteiger partial charge in [0.2, 0.25) is 0 Å². The zero-order chi connectivity index (χ0) is 12.1. The van der Waals surface area contributed by atoms with Crippen molar-refractivity contribution in [3.63, 3.8) is 0 Å². The number of aromatic nitrogens is 2. The summed E-state index contributed by atoms with van der Waals surface area (Å²) in [6.45, 7) is 9.49. The van der Waals surface area contributed by atoms with Gasteiger partial charge < -0.3 is 10.7 Å². The molecule has 90 valence electrons. The zero-order valence-electron chi connectivity index (χ0n) is 10.4. The van der Waals surface area contributed by atoms with Crippen LogP contribution in [0.5, 0.6) is 0 Å². The summed E-state index contributed by atoms with van der Waals surface area (Å²) in [6.07, 6.45) is 1.50. The van der Waals surface area contributed by atoms with Crippen molar-refractivity contribution in [1.29, 1.82) is 0 Å². The molecule has 1 atom stereocenters. The van der Waals surface area contributed by atoms with Crippen LogP contribution in [0.3, 0.4) is 0 Å². The summed E-state index contributed by atoms with van der Waals surface area (Å²) in [5.41, 5.74) is 3.50. The maximum Gasteiger partial charge on any atom is 0.148 e. The minimum Gasteiger partial charge on any atom is -0.369 e. The summed E-state index contributed by atoms with van der Waals surface area (Å²) in [5, 5.41) is 3.32. The Hall–Kier alpha value is -1.36. The Morgan fingerprint density at radius 3 is 2.44 bits per heavy atom. The van der Waals surface area contributed by atoms with E-state index in [0.717, 1.165) is 17.9 Å². The van der Waals surface area contributed by atoms with Crippen LogP contribution in [0.15, 0.2) is 6.33 Å². The summed E-state index contributed by atoms with van der Waals surface area (Å²) < 4.78 is 0. The third-order valence-corrected chi connectivity index (χ3v) is 2.95. The molecule has 1 unspecified atom stereocenters. The Labute approximate surface area is 96.8 Å². The molecule has 0 aromatic carbocycles. The smallest absolute Gasteiger partial charge is 0.148 e. The molecule has 0 aliphatic heterocycles. The van der Waals surface area contributed by atoms with E-state index < -0.39 is 0 Å². The number of hydrazine groups is 1. The van der Waals surface area contributed by atoms with Gasteiger partial charge in [0.1, 0.15) is 18.0 Å². The van der Waals surface area contributed by atoms with Gasteiger partial charge in [-0.05, 0) is 18.8 Å². The monoisotopic (exact) mass is 223 g/mol. The zero-order valence-corrected chi connectivity index (χ0v) is 10.4. The number of hydrogen-bond donors (Lipinski definition) is 3. The van der Waals surface area contributed by atoms with Gasteiger partial charge in [0.15, 0.2) is 0 Å². The average Bonchev–Trinajstić information content (AvgIpc) is 2.27. The van der Waals surface area contributed by atoms with Crippen LogP contribution in [0.2, 0.25) is 0 Å². The molecule has 0 radical (unpaired) electrons. The van der Waals surface area contributed by atoms with Crippen molar-refractivity contribution in [3.8, 4) is 0 Å². The highest BCUT2D eigenvalue weighted by molar-refractivity contribution is 5.55. The minimum absolute atomic E-state index is 0.601. The molecule has 0 aliphatic rings. The number of anilines is 2. The first-order valence-electron chi connectivity index (χ1n) is 5.58. The van der Waals surface area contributed by atoms with E-state index >= 15 is 0 Å². The largest absolute Gasteiger partial charge is 0.369 e. The molecule has 1 aromatic heterocycles. The summed E-state index contributed by atoms with van der Waals surface area (Å²) in [7, 11) is 0. The molecule has 0 saturated heterocycles. The lowest BCUT2D eigenvalue weighted by Crippen LogP contribution is -2.18. The lowest BCUT2D eigenvalue weighted by atomic mass is 9.98. The molecule has 16 heavy (non-hydrogen) atoms. The highest BCUT2D eigenvalue weighted by Crippen LogP contribution is 2.18. The number of rotatable bonds is 5. The summed E-state index contributed by atoms with van der Waals surface area (Å²) in [6, 6.07) is 0. The molecular weight excluding hydrogens is 202 g/mol. The Bertz CT molecular complexity index is 337. The summed E-state index contributed by atoms with van der Waals surface area (Å²) in [4.78, 5) is 8.23. The van der Waals surface area contributed by atoms with Gasteiger partial charge in [-0.2, -0.15) is 0 Å². The molecule has 1 aromatic rings. The average molecular weight is 223 g/mol. The second-order valence-electron chi connectivity index (χ2n) is 4.44. The Morgan fingerprint density at radius 1 is 1.25 bits per heavy atom. The molecule has 0 bridgehead atoms. The molecule has 1 rings (SSSR count). The Kier molecular flexibility index (Phi) is 4.49. The first-order valence-corrected chi connectivity index (χ1v) is 5.58. The van der Waals surface area contributed by atoms with Crippen molar-refractivity contribution >= 4 is 11.6 Å². The quantitative estimate of drug-likeness (QED) is 0.524. The van der Waals surface area contributed by atoms with Crippen molar-refractivity contribution in [2.75, 3.05) is 17.3 Å². The van der Waals surface area contributed by atoms with E-state index in [1.807, 2.05) is 6.92 Å². The van der Waals surface area contributed by atoms with Crippen LogP contribution in [-0.4, -0.2) is 16.5 Å². The predicted octanol–water partition coefficient (Wildman–Crippen LogP) is 1.77. The molecule has 0 aliphatic carbocycles. The van der Waals surface area contributed by atoms with Crippen molar-refractivity contribution in [3.05, 3.63) is 11.9 Å². The maximum atomic E-state index is 5.36. The number of nitrogens with two attached hydrogens (primary N) is 1. The molecule has 0 saturated carbocycles. The molecule has 5 heteroatoms. The van der Waals surface area contributed by atoms with Crippen molar-refractivity contribution in [1.82, 2.24) is 9.97 Å². The van der Waals surface area contributed by atoms with Gasteiger partial charge in [-0.15, -0.1) is 0 Å². The first-order chi connectivity index (χ1) is 7.56. The standard InChI is InChI=1S/C11H21N5/c1-7(2)8(3)5-13-10-9(4)11(16-12)15-6-14-10/h6-8H,5,12H2,1-4H3,(H2,13,14,15,16). The van der Waals surface area contributed by atoms with Gasteiger partial charge in [0.05, 0.1) is 0 Å². The first kappa shape index (κ1) is 12.7. The second kappa shape index (κ2) is 5.65. The van der Waals surface area contributed by atoms with E-state index in [2.05, 4.69) is 41.5 Å². The number of nitrogens with one attached hydrogen (secondary N) is 2. The van der Waals surface area contributed by atoms with E-state index in [0.29, 0.717) is 17.7 Å². The van der Waals surface area contributed by atoms with E-state index in [1.54, 1.807) is 0 Å². The topological polar surface area (TPSA) is 75.9 Å². The third-order valence-electron chi connectivity index (χ3n) is 2.95. The van der Waals surface area contributed by atoms with Crippen LogP contribution >= 0.6 is 0 Å². The molecule has 4 N–H and O–H groups in total. The minimum atomic E-state index is 0.601. The van der Waals surface area contributed by atoms with E-state index in [9.17, 15) is 0 Å². The highest BCUT2D eigenvalue weighted by atomic mass is 15.3. The SMILES string of the molecule is Cc1c(NN)ncnc1NCC(C)C(C)C. The van der Waals surface area contributed by atoms with Crippen LogP contribution in [0, 0.1) is 18.8 Å². The van der Waals surface area contributed by atoms with E-state index in [-0.39, 0.29) is 0 Å². The molecule has 5 nitrogen and oxygen atoms in total. The molecule has 0 spiro atoms. The van der Waals surface area contributed by atoms with Gasteiger partial charge in [-0.25, -0.2) is 15.8 Å². The number of nitrogen functional groups attached to an aromatic ring is 1. The molecule has 0 amide bonds. The summed E-state index contributed by atoms with van der Waals surface area (Å²) >= 11 is 0. The van der Waals surface area contributed by atoms with E-state index in [4.69, 9.17) is 5.84 Å². The fraction of sp³-hybridized carbons (Fsp3) is 0.636. The van der Waals surface area contributed by atoms with Crippen LogP contribution < -0.4 is 16.6 Å². The highest BCUT2D eigenvalue weighted by Gasteiger charge is 2.09. The molecule has 1 heterocycles. The predicted molar refractivity (Wildman–Crippen MR) is 67.1 cm³/mol. The Morgan fingerprint density at radius 2 is 1.88 bits per heavy atom. The van der Waals surface area contributed by atoms with Gasteiger partial charge in [0, 0.05) is 12.1 Å². The lowest BCUT2D eigenvalue weighted by molar-refractivity contribution is 0.439. The van der Waals surface area contributed by atoms with Crippen LogP contribution in [-0.2, 0) is 0 Å². The maximum absolute atomic E-state index is 5.36. The fourth-order valence-corrected chi connectivity index (χ4v) is 1.27. The van der Waals surface area contributed by atoms with Gasteiger partial charge in [0.25, 0.3) is 0 Å². The van der Waals surface area contributed by atoms with Crippen molar-refractivity contribution < 1.29 is 0 Å². The lowest BCUT2D eigenvalue weighted by Gasteiger charge is -2.17. The van der Waals surface area contributed by atoms with Gasteiger partial charge in [-0.1, -0.05) is 20.8 Å². The van der Waals surface area contributed by atoms with Crippen molar-refractivity contribution in [2.24, 2.45) is 17.7 Å². The normalized spacial score (nSPS) is 12.6. The molecular formula is C11H21N5. The van der Waals surface area contributed by atoms with Crippen LogP contribution in [0.1, 0.15) is 26.3 Å². The van der Waals surface area contributed by atoms with Crippen LogP contribution in [0.25, 0.3) is 0 Å². The molecule has 0 fully saturated rings. The van der Waals surface area contributed by atoms with Gasteiger partial charge >= 0.3 is 0 Å². The number of nitrogens with zero attached hydrogens (tertiary/aromatic N) is 2. The summed E-state index contributed by atoms with van der Waals surface area (Å²) in [5.74, 6) is 8.12. The second-order valence-corrected chi connectivity index (χ2v) is 4.44. The van der Waals surface area contributed by atoms with Crippen molar-refractivity contribution in [2.45, 2.75) is 27.7 Å². The van der Waals surface area contributed by atoms with Gasteiger partial charge in [-0.3, -0.25) is 0 Å².